The number of nitrogens with one attached hydrogen (secondary N) is 2. The summed E-state index contributed by atoms with van der Waals surface area (Å²) < 4.78 is 48.0. The van der Waals surface area contributed by atoms with Crippen molar-refractivity contribution in [3.05, 3.63) is 60.0 Å². The lowest BCUT2D eigenvalue weighted by Crippen LogP contribution is -2.35. The number of benzene rings is 2. The molecule has 0 bridgehead atoms. The molecule has 2 N–H and O–H groups in total. The molecular formula is C24H28FN5O4S. The van der Waals surface area contributed by atoms with Crippen molar-refractivity contribution in [2.24, 2.45) is 0 Å². The number of halogens is 1. The third-order valence-corrected chi connectivity index (χ3v) is 7.66. The van der Waals surface area contributed by atoms with Crippen molar-refractivity contribution >= 4 is 27.4 Å². The summed E-state index contributed by atoms with van der Waals surface area (Å²) in [6.45, 7) is 2.68. The molecule has 1 aliphatic heterocycles. The van der Waals surface area contributed by atoms with Crippen molar-refractivity contribution in [1.29, 1.82) is 0 Å². The summed E-state index contributed by atoms with van der Waals surface area (Å²) >= 11 is 0. The first kappa shape index (κ1) is 24.7. The van der Waals surface area contributed by atoms with Crippen molar-refractivity contribution in [1.82, 2.24) is 14.1 Å². The lowest BCUT2D eigenvalue weighted by Gasteiger charge is -2.26. The van der Waals surface area contributed by atoms with Crippen LogP contribution in [0.2, 0.25) is 0 Å². The highest BCUT2D eigenvalue weighted by molar-refractivity contribution is 7.89. The number of piperidine rings is 1. The number of sulfonamides is 1. The predicted molar refractivity (Wildman–Crippen MR) is 131 cm³/mol. The van der Waals surface area contributed by atoms with E-state index >= 15 is 0 Å². The second-order valence-electron chi connectivity index (χ2n) is 8.29. The number of carbonyl (C=O) groups is 1. The van der Waals surface area contributed by atoms with Crippen LogP contribution < -0.4 is 15.4 Å². The molecule has 2 aromatic carbocycles. The van der Waals surface area contributed by atoms with Gasteiger partial charge in [-0.25, -0.2) is 17.5 Å². The van der Waals surface area contributed by atoms with Crippen LogP contribution in [0.15, 0.2) is 53.4 Å². The normalized spacial score (nSPS) is 14.5. The minimum Gasteiger partial charge on any atom is -0.495 e. The molecule has 2 heterocycles. The summed E-state index contributed by atoms with van der Waals surface area (Å²) in [6, 6.07) is 12.2. The number of methoxy groups -OCH3 is 1. The van der Waals surface area contributed by atoms with E-state index in [4.69, 9.17) is 4.74 Å². The number of amides is 1. The van der Waals surface area contributed by atoms with Gasteiger partial charge in [-0.05, 0) is 56.2 Å². The minimum atomic E-state index is -3.66. The molecule has 0 atom stereocenters. The quantitative estimate of drug-likeness (QED) is 0.489. The van der Waals surface area contributed by atoms with E-state index in [2.05, 4.69) is 15.7 Å². The molecule has 11 heteroatoms. The number of nitrogens with zero attached hydrogens (tertiary/aromatic N) is 3. The third kappa shape index (κ3) is 5.63. The van der Waals surface area contributed by atoms with Gasteiger partial charge in [0.15, 0.2) is 0 Å². The maximum Gasteiger partial charge on any atom is 0.243 e. The molecule has 186 valence electrons. The Morgan fingerprint density at radius 3 is 2.60 bits per heavy atom. The predicted octanol–water partition coefficient (Wildman–Crippen LogP) is 3.55. The van der Waals surface area contributed by atoms with Gasteiger partial charge >= 0.3 is 0 Å². The van der Waals surface area contributed by atoms with Gasteiger partial charge < -0.3 is 15.4 Å². The van der Waals surface area contributed by atoms with Crippen LogP contribution in [-0.4, -0.2) is 55.2 Å². The summed E-state index contributed by atoms with van der Waals surface area (Å²) in [4.78, 5) is 12.8. The lowest BCUT2D eigenvalue weighted by atomic mass is 10.2. The Morgan fingerprint density at radius 1 is 1.11 bits per heavy atom. The number of carbonyl (C=O) groups excluding carboxylic acids is 1. The van der Waals surface area contributed by atoms with Gasteiger partial charge in [0.2, 0.25) is 15.9 Å². The number of hydrogen-bond donors (Lipinski definition) is 2. The van der Waals surface area contributed by atoms with Crippen LogP contribution in [0.25, 0.3) is 5.69 Å². The highest BCUT2D eigenvalue weighted by atomic mass is 32.2. The van der Waals surface area contributed by atoms with Crippen LogP contribution in [0.4, 0.5) is 15.9 Å². The zero-order valence-corrected chi connectivity index (χ0v) is 20.4. The SMILES string of the molecule is COc1ccc(S(=O)(=O)N2CCCCC2)cc1NC(=O)CNc1cc(C)n(-c2cccc(F)c2)n1. The zero-order valence-electron chi connectivity index (χ0n) is 19.6. The average Bonchev–Trinajstić information content (AvgIpc) is 3.23. The maximum absolute atomic E-state index is 13.6. The summed E-state index contributed by atoms with van der Waals surface area (Å²) in [5.41, 5.74) is 1.59. The Labute approximate surface area is 203 Å². The fourth-order valence-corrected chi connectivity index (χ4v) is 5.54. The molecule has 1 aromatic heterocycles. The van der Waals surface area contributed by atoms with Gasteiger partial charge in [-0.3, -0.25) is 4.79 Å². The van der Waals surface area contributed by atoms with Gasteiger partial charge in [0, 0.05) is 24.8 Å². The molecule has 0 aliphatic carbocycles. The summed E-state index contributed by atoms with van der Waals surface area (Å²) in [7, 11) is -2.21. The fourth-order valence-electron chi connectivity index (χ4n) is 3.99. The lowest BCUT2D eigenvalue weighted by molar-refractivity contribution is -0.114. The van der Waals surface area contributed by atoms with E-state index in [0.717, 1.165) is 25.0 Å². The van der Waals surface area contributed by atoms with Crippen LogP contribution >= 0.6 is 0 Å². The molecule has 0 spiro atoms. The molecule has 1 amide bonds. The second-order valence-corrected chi connectivity index (χ2v) is 10.2. The Bertz CT molecular complexity index is 1320. The van der Waals surface area contributed by atoms with Gasteiger partial charge in [-0.15, -0.1) is 0 Å². The van der Waals surface area contributed by atoms with E-state index < -0.39 is 15.9 Å². The molecule has 1 saturated heterocycles. The number of ether oxygens (including phenoxy) is 1. The van der Waals surface area contributed by atoms with Gasteiger partial charge in [-0.1, -0.05) is 12.5 Å². The van der Waals surface area contributed by atoms with Crippen LogP contribution in [-0.2, 0) is 14.8 Å². The van der Waals surface area contributed by atoms with Gasteiger partial charge in [0.1, 0.15) is 17.4 Å². The second kappa shape index (κ2) is 10.4. The highest BCUT2D eigenvalue weighted by Gasteiger charge is 2.27. The number of rotatable bonds is 8. The molecular weight excluding hydrogens is 473 g/mol. The van der Waals surface area contributed by atoms with Crippen molar-refractivity contribution < 1.29 is 22.3 Å². The van der Waals surface area contributed by atoms with E-state index in [1.165, 1.54) is 41.7 Å². The number of aromatic nitrogens is 2. The van der Waals surface area contributed by atoms with E-state index in [-0.39, 0.29) is 22.9 Å². The van der Waals surface area contributed by atoms with E-state index in [0.29, 0.717) is 30.3 Å². The van der Waals surface area contributed by atoms with E-state index in [1.807, 2.05) is 6.92 Å². The van der Waals surface area contributed by atoms with Crippen LogP contribution in [0.1, 0.15) is 25.0 Å². The standard InChI is InChI=1S/C24H28FN5O4S/c1-17-13-23(28-30(17)19-8-6-7-18(25)14-19)26-16-24(31)27-21-15-20(9-10-22(21)34-2)35(32,33)29-11-4-3-5-12-29/h6-10,13-15H,3-5,11-12,16H2,1-2H3,(H,26,28)(H,27,31). The first-order chi connectivity index (χ1) is 16.8. The molecule has 9 nitrogen and oxygen atoms in total. The first-order valence-electron chi connectivity index (χ1n) is 11.3. The Kier molecular flexibility index (Phi) is 7.37. The van der Waals surface area contributed by atoms with Crippen molar-refractivity contribution in [2.45, 2.75) is 31.1 Å². The summed E-state index contributed by atoms with van der Waals surface area (Å²) in [6.07, 6.45) is 2.68. The van der Waals surface area contributed by atoms with Crippen LogP contribution in [0.3, 0.4) is 0 Å². The minimum absolute atomic E-state index is 0.105. The molecule has 0 unspecified atom stereocenters. The Hall–Kier alpha value is -3.44. The maximum atomic E-state index is 13.6. The van der Waals surface area contributed by atoms with Crippen molar-refractivity contribution in [2.75, 3.05) is 37.4 Å². The number of anilines is 2. The van der Waals surface area contributed by atoms with Crippen molar-refractivity contribution in [3.63, 3.8) is 0 Å². The molecule has 3 aromatic rings. The molecule has 0 radical (unpaired) electrons. The molecule has 35 heavy (non-hydrogen) atoms. The number of aryl methyl sites for hydroxylation is 1. The van der Waals surface area contributed by atoms with Crippen LogP contribution in [0, 0.1) is 12.7 Å². The summed E-state index contributed by atoms with van der Waals surface area (Å²) in [5, 5.41) is 10.0. The van der Waals surface area contributed by atoms with E-state index in [1.54, 1.807) is 22.9 Å². The smallest absolute Gasteiger partial charge is 0.243 e. The highest BCUT2D eigenvalue weighted by Crippen LogP contribution is 2.30. The number of hydrogen-bond acceptors (Lipinski definition) is 6. The summed E-state index contributed by atoms with van der Waals surface area (Å²) in [5.74, 6) is 0.0102. The molecule has 0 saturated carbocycles. The van der Waals surface area contributed by atoms with Gasteiger partial charge in [-0.2, -0.15) is 9.40 Å². The first-order valence-corrected chi connectivity index (χ1v) is 12.8. The molecule has 1 aliphatic rings. The van der Waals surface area contributed by atoms with E-state index in [9.17, 15) is 17.6 Å². The molecule has 4 rings (SSSR count). The Balaban J connectivity index is 1.45. The van der Waals surface area contributed by atoms with Crippen LogP contribution in [0.5, 0.6) is 5.75 Å². The topological polar surface area (TPSA) is 106 Å². The van der Waals surface area contributed by atoms with Crippen molar-refractivity contribution in [3.8, 4) is 11.4 Å². The zero-order chi connectivity index (χ0) is 25.0. The Morgan fingerprint density at radius 2 is 1.89 bits per heavy atom. The van der Waals surface area contributed by atoms with Gasteiger partial charge in [0.05, 0.1) is 29.9 Å². The van der Waals surface area contributed by atoms with Gasteiger partial charge in [0.25, 0.3) is 0 Å². The average molecular weight is 502 g/mol. The molecule has 1 fully saturated rings. The fraction of sp³-hybridized carbons (Fsp3) is 0.333. The monoisotopic (exact) mass is 501 g/mol. The largest absolute Gasteiger partial charge is 0.495 e. The third-order valence-electron chi connectivity index (χ3n) is 5.77.